The van der Waals surface area contributed by atoms with E-state index in [1.54, 1.807) is 35.7 Å². The Morgan fingerprint density at radius 3 is 2.55 bits per heavy atom. The van der Waals surface area contributed by atoms with Gasteiger partial charge in [0, 0.05) is 22.5 Å². The minimum atomic E-state index is -3.56. The lowest BCUT2D eigenvalue weighted by Crippen LogP contribution is -2.12. The second kappa shape index (κ2) is 6.25. The molecular formula is C13H16N2O3S2. The molecule has 0 radical (unpaired) electrons. The quantitative estimate of drug-likeness (QED) is 0.858. The summed E-state index contributed by atoms with van der Waals surface area (Å²) >= 11 is 1.33. The number of hydrogen-bond acceptors (Lipinski definition) is 5. The van der Waals surface area contributed by atoms with Gasteiger partial charge in [0.1, 0.15) is 5.75 Å². The topological polar surface area (TPSA) is 81.4 Å². The Hall–Kier alpha value is -1.57. The molecule has 1 heterocycles. The Bertz CT molecular complexity index is 663. The maximum absolute atomic E-state index is 12.2. The van der Waals surface area contributed by atoms with Crippen molar-refractivity contribution in [3.8, 4) is 5.75 Å². The number of thiophene rings is 1. The van der Waals surface area contributed by atoms with Gasteiger partial charge in [0.25, 0.3) is 10.0 Å². The summed E-state index contributed by atoms with van der Waals surface area (Å²) in [5.74, 6) is 0.705. The van der Waals surface area contributed by atoms with E-state index in [9.17, 15) is 8.42 Å². The van der Waals surface area contributed by atoms with Crippen LogP contribution in [0.25, 0.3) is 0 Å². The van der Waals surface area contributed by atoms with Gasteiger partial charge in [-0.25, -0.2) is 8.42 Å². The highest BCUT2D eigenvalue weighted by atomic mass is 32.2. The van der Waals surface area contributed by atoms with Gasteiger partial charge in [-0.3, -0.25) is 4.72 Å². The zero-order valence-corrected chi connectivity index (χ0v) is 12.6. The molecule has 0 saturated carbocycles. The summed E-state index contributed by atoms with van der Waals surface area (Å²) in [4.78, 5) is 1.06. The zero-order valence-electron chi connectivity index (χ0n) is 11.0. The van der Waals surface area contributed by atoms with E-state index < -0.39 is 10.0 Å². The Morgan fingerprint density at radius 2 is 2.00 bits per heavy atom. The number of rotatable bonds is 6. The first kappa shape index (κ1) is 14.8. The van der Waals surface area contributed by atoms with Crippen molar-refractivity contribution < 1.29 is 13.2 Å². The van der Waals surface area contributed by atoms with Gasteiger partial charge in [0.2, 0.25) is 0 Å². The number of ether oxygens (including phenoxy) is 1. The molecule has 0 aliphatic heterocycles. The largest absolute Gasteiger partial charge is 0.494 e. The number of anilines is 1. The Labute approximate surface area is 122 Å². The highest BCUT2D eigenvalue weighted by Crippen LogP contribution is 2.23. The zero-order chi connectivity index (χ0) is 14.6. The van der Waals surface area contributed by atoms with E-state index in [1.807, 2.05) is 6.92 Å². The van der Waals surface area contributed by atoms with E-state index >= 15 is 0 Å². The van der Waals surface area contributed by atoms with Gasteiger partial charge in [-0.1, -0.05) is 0 Å². The fraction of sp³-hybridized carbons (Fsp3) is 0.231. The molecule has 2 rings (SSSR count). The molecule has 1 aromatic heterocycles. The van der Waals surface area contributed by atoms with Crippen molar-refractivity contribution in [3.63, 3.8) is 0 Å². The average Bonchev–Trinajstić information content (AvgIpc) is 2.91. The van der Waals surface area contributed by atoms with Crippen molar-refractivity contribution in [3.05, 3.63) is 40.6 Å². The highest BCUT2D eigenvalue weighted by molar-refractivity contribution is 7.92. The molecule has 2 aromatic rings. The van der Waals surface area contributed by atoms with Crippen LogP contribution >= 0.6 is 11.3 Å². The van der Waals surface area contributed by atoms with Gasteiger partial charge in [0.05, 0.1) is 11.5 Å². The molecule has 7 heteroatoms. The molecule has 0 fully saturated rings. The van der Waals surface area contributed by atoms with Gasteiger partial charge in [-0.2, -0.15) is 0 Å². The summed E-state index contributed by atoms with van der Waals surface area (Å²) in [5, 5.41) is 1.58. The number of nitrogens with two attached hydrogens (primary N) is 1. The molecule has 0 spiro atoms. The standard InChI is InChI=1S/C13H16N2O3S2/c1-2-18-11-5-3-10(4-6-11)15-20(16,17)13-7-12(8-14)19-9-13/h3-7,9,15H,2,8,14H2,1H3. The Morgan fingerprint density at radius 1 is 1.30 bits per heavy atom. The van der Waals surface area contributed by atoms with Crippen LogP contribution < -0.4 is 15.2 Å². The molecule has 3 N–H and O–H groups in total. The number of sulfonamides is 1. The highest BCUT2D eigenvalue weighted by Gasteiger charge is 2.16. The van der Waals surface area contributed by atoms with Crippen molar-refractivity contribution in [2.45, 2.75) is 18.4 Å². The molecule has 0 atom stereocenters. The van der Waals surface area contributed by atoms with E-state index in [0.29, 0.717) is 24.6 Å². The van der Waals surface area contributed by atoms with Crippen molar-refractivity contribution in [2.75, 3.05) is 11.3 Å². The molecular weight excluding hydrogens is 296 g/mol. The van der Waals surface area contributed by atoms with E-state index in [1.165, 1.54) is 11.3 Å². The van der Waals surface area contributed by atoms with E-state index in [4.69, 9.17) is 10.5 Å². The lowest BCUT2D eigenvalue weighted by Gasteiger charge is -2.08. The molecule has 0 amide bonds. The number of hydrogen-bond donors (Lipinski definition) is 2. The number of nitrogens with one attached hydrogen (secondary N) is 1. The SMILES string of the molecule is CCOc1ccc(NS(=O)(=O)c2csc(CN)c2)cc1. The predicted octanol–water partition coefficient (Wildman–Crippen LogP) is 2.41. The minimum Gasteiger partial charge on any atom is -0.494 e. The summed E-state index contributed by atoms with van der Waals surface area (Å²) in [6, 6.07) is 8.36. The third kappa shape index (κ3) is 3.50. The van der Waals surface area contributed by atoms with Crippen LogP contribution in [0.15, 0.2) is 40.6 Å². The molecule has 108 valence electrons. The van der Waals surface area contributed by atoms with Crippen molar-refractivity contribution in [2.24, 2.45) is 5.73 Å². The molecule has 0 bridgehead atoms. The average molecular weight is 312 g/mol. The van der Waals surface area contributed by atoms with Crippen LogP contribution in [0.2, 0.25) is 0 Å². The van der Waals surface area contributed by atoms with Crippen LogP contribution in [0.4, 0.5) is 5.69 Å². The maximum Gasteiger partial charge on any atom is 0.262 e. The fourth-order valence-corrected chi connectivity index (χ4v) is 3.82. The van der Waals surface area contributed by atoms with Gasteiger partial charge in [-0.05, 0) is 37.3 Å². The molecule has 0 saturated heterocycles. The van der Waals surface area contributed by atoms with E-state index in [-0.39, 0.29) is 4.90 Å². The first-order valence-electron chi connectivity index (χ1n) is 6.08. The van der Waals surface area contributed by atoms with Gasteiger partial charge >= 0.3 is 0 Å². The van der Waals surface area contributed by atoms with Crippen LogP contribution in [0.5, 0.6) is 5.75 Å². The summed E-state index contributed by atoms with van der Waals surface area (Å²) in [7, 11) is -3.56. The predicted molar refractivity (Wildman–Crippen MR) is 80.6 cm³/mol. The minimum absolute atomic E-state index is 0.233. The summed E-state index contributed by atoms with van der Waals surface area (Å²) in [6.45, 7) is 2.80. The third-order valence-corrected chi connectivity index (χ3v) is 5.03. The number of benzene rings is 1. The second-order valence-corrected chi connectivity index (χ2v) is 6.69. The van der Waals surface area contributed by atoms with E-state index in [2.05, 4.69) is 4.72 Å². The van der Waals surface area contributed by atoms with Crippen LogP contribution in [-0.2, 0) is 16.6 Å². The summed E-state index contributed by atoms with van der Waals surface area (Å²) < 4.78 is 32.2. The normalized spacial score (nSPS) is 11.3. The Kier molecular flexibility index (Phi) is 4.64. The maximum atomic E-state index is 12.2. The lowest BCUT2D eigenvalue weighted by molar-refractivity contribution is 0.340. The molecule has 5 nitrogen and oxygen atoms in total. The van der Waals surface area contributed by atoms with Crippen LogP contribution in [0.1, 0.15) is 11.8 Å². The van der Waals surface area contributed by atoms with Crippen LogP contribution in [0.3, 0.4) is 0 Å². The summed E-state index contributed by atoms with van der Waals surface area (Å²) in [6.07, 6.45) is 0. The first-order valence-corrected chi connectivity index (χ1v) is 8.44. The molecule has 0 aliphatic carbocycles. The van der Waals surface area contributed by atoms with Crippen molar-refractivity contribution >= 4 is 27.0 Å². The molecule has 1 aromatic carbocycles. The Balaban J connectivity index is 2.15. The second-order valence-electron chi connectivity index (χ2n) is 4.02. The molecule has 0 aliphatic rings. The fourth-order valence-electron chi connectivity index (χ4n) is 1.61. The molecule has 0 unspecified atom stereocenters. The smallest absolute Gasteiger partial charge is 0.262 e. The van der Waals surface area contributed by atoms with E-state index in [0.717, 1.165) is 4.88 Å². The van der Waals surface area contributed by atoms with Gasteiger partial charge < -0.3 is 10.5 Å². The first-order chi connectivity index (χ1) is 9.55. The van der Waals surface area contributed by atoms with Crippen LogP contribution in [-0.4, -0.2) is 15.0 Å². The van der Waals surface area contributed by atoms with Gasteiger partial charge in [-0.15, -0.1) is 11.3 Å². The molecule has 20 heavy (non-hydrogen) atoms. The van der Waals surface area contributed by atoms with Crippen molar-refractivity contribution in [1.82, 2.24) is 0 Å². The summed E-state index contributed by atoms with van der Waals surface area (Å²) in [5.41, 5.74) is 5.98. The van der Waals surface area contributed by atoms with Gasteiger partial charge in [0.15, 0.2) is 0 Å². The van der Waals surface area contributed by atoms with Crippen molar-refractivity contribution in [1.29, 1.82) is 0 Å². The lowest BCUT2D eigenvalue weighted by atomic mass is 10.3. The third-order valence-electron chi connectivity index (χ3n) is 2.56. The monoisotopic (exact) mass is 312 g/mol. The van der Waals surface area contributed by atoms with Crippen LogP contribution in [0, 0.1) is 0 Å².